The average Bonchev–Trinajstić information content (AvgIpc) is 2.65. The highest BCUT2D eigenvalue weighted by Gasteiger charge is 2.51. The van der Waals surface area contributed by atoms with Gasteiger partial charge in [-0.3, -0.25) is 4.90 Å². The Labute approximate surface area is 131 Å². The van der Waals surface area contributed by atoms with Gasteiger partial charge in [-0.15, -0.1) is 0 Å². The number of rotatable bonds is 1. The standard InChI is InChI=1S/C15H26N2O5/c1-15(2,3)22-14(19)17-8-9-7-10(16)5-6-21-12(9)11(17)13(18)20-4/h9-12H,5-8,16H2,1-4H3/t9-,10?,11?,12?/m0/s1. The van der Waals surface area contributed by atoms with E-state index in [1.807, 2.05) is 0 Å². The zero-order valence-electron chi connectivity index (χ0n) is 13.7. The molecule has 7 nitrogen and oxygen atoms in total. The van der Waals surface area contributed by atoms with E-state index < -0.39 is 23.7 Å². The Morgan fingerprint density at radius 3 is 2.59 bits per heavy atom. The van der Waals surface area contributed by atoms with Crippen molar-refractivity contribution in [1.82, 2.24) is 4.90 Å². The normalized spacial score (nSPS) is 32.1. The highest BCUT2D eigenvalue weighted by Crippen LogP contribution is 2.34. The van der Waals surface area contributed by atoms with Crippen molar-refractivity contribution in [2.24, 2.45) is 11.7 Å². The number of esters is 1. The minimum Gasteiger partial charge on any atom is -0.467 e. The van der Waals surface area contributed by atoms with Crippen molar-refractivity contribution in [3.05, 3.63) is 0 Å². The number of carbonyl (C=O) groups is 2. The zero-order valence-corrected chi connectivity index (χ0v) is 13.7. The lowest BCUT2D eigenvalue weighted by atomic mass is 9.95. The number of ether oxygens (including phenoxy) is 3. The number of nitrogens with zero attached hydrogens (tertiary/aromatic N) is 1. The van der Waals surface area contributed by atoms with E-state index in [1.165, 1.54) is 12.0 Å². The van der Waals surface area contributed by atoms with Crippen LogP contribution in [-0.4, -0.2) is 61.0 Å². The number of nitrogens with two attached hydrogens (primary N) is 1. The number of carbonyl (C=O) groups excluding carboxylic acids is 2. The Bertz CT molecular complexity index is 434. The predicted octanol–water partition coefficient (Wildman–Crippen LogP) is 0.901. The summed E-state index contributed by atoms with van der Waals surface area (Å²) in [5.74, 6) is -0.456. The minimum absolute atomic E-state index is 0.0203. The van der Waals surface area contributed by atoms with Gasteiger partial charge >= 0.3 is 12.1 Å². The number of hydrogen-bond donors (Lipinski definition) is 1. The summed E-state index contributed by atoms with van der Waals surface area (Å²) < 4.78 is 16.1. The molecule has 0 bridgehead atoms. The third-order valence-electron chi connectivity index (χ3n) is 4.02. The molecule has 4 atom stereocenters. The first kappa shape index (κ1) is 17.0. The van der Waals surface area contributed by atoms with Gasteiger partial charge in [0.15, 0.2) is 6.04 Å². The van der Waals surface area contributed by atoms with Crippen LogP contribution in [0, 0.1) is 5.92 Å². The summed E-state index contributed by atoms with van der Waals surface area (Å²) in [6.45, 7) is 6.25. The molecule has 2 rings (SSSR count). The second-order valence-electron chi connectivity index (χ2n) is 6.98. The quantitative estimate of drug-likeness (QED) is 0.723. The number of fused-ring (bicyclic) bond motifs is 1. The molecular formula is C15H26N2O5. The molecule has 2 aliphatic heterocycles. The Balaban J connectivity index is 2.21. The first-order valence-electron chi connectivity index (χ1n) is 7.67. The molecule has 2 saturated heterocycles. The molecule has 2 aliphatic rings. The number of likely N-dealkylation sites (tertiary alicyclic amines) is 1. The molecule has 0 aromatic carbocycles. The molecule has 2 fully saturated rings. The van der Waals surface area contributed by atoms with Crippen LogP contribution in [0.15, 0.2) is 0 Å². The Kier molecular flexibility index (Phi) is 4.97. The highest BCUT2D eigenvalue weighted by atomic mass is 16.6. The minimum atomic E-state index is -0.768. The average molecular weight is 314 g/mol. The summed E-state index contributed by atoms with van der Waals surface area (Å²) in [6, 6.07) is -0.748. The molecule has 0 saturated carbocycles. The summed E-state index contributed by atoms with van der Waals surface area (Å²) in [5.41, 5.74) is 5.41. The van der Waals surface area contributed by atoms with Gasteiger partial charge in [0.2, 0.25) is 0 Å². The third kappa shape index (κ3) is 3.70. The van der Waals surface area contributed by atoms with E-state index in [9.17, 15) is 9.59 Å². The van der Waals surface area contributed by atoms with Gasteiger partial charge < -0.3 is 19.9 Å². The van der Waals surface area contributed by atoms with Gasteiger partial charge in [0.05, 0.1) is 13.2 Å². The highest BCUT2D eigenvalue weighted by molar-refractivity contribution is 5.83. The molecule has 22 heavy (non-hydrogen) atoms. The number of amides is 1. The van der Waals surface area contributed by atoms with E-state index in [2.05, 4.69) is 0 Å². The molecule has 0 radical (unpaired) electrons. The summed E-state index contributed by atoms with van der Waals surface area (Å²) >= 11 is 0. The smallest absolute Gasteiger partial charge is 0.411 e. The van der Waals surface area contributed by atoms with Crippen LogP contribution in [0.5, 0.6) is 0 Å². The maximum atomic E-state index is 12.4. The van der Waals surface area contributed by atoms with Crippen molar-refractivity contribution in [1.29, 1.82) is 0 Å². The molecule has 0 aliphatic carbocycles. The van der Waals surface area contributed by atoms with Crippen LogP contribution in [0.3, 0.4) is 0 Å². The van der Waals surface area contributed by atoms with Crippen molar-refractivity contribution >= 4 is 12.1 Å². The van der Waals surface area contributed by atoms with Gasteiger partial charge in [-0.25, -0.2) is 9.59 Å². The summed E-state index contributed by atoms with van der Waals surface area (Å²) in [7, 11) is 1.31. The van der Waals surface area contributed by atoms with Gasteiger partial charge in [0.1, 0.15) is 5.60 Å². The summed E-state index contributed by atoms with van der Waals surface area (Å²) in [4.78, 5) is 26.0. The van der Waals surface area contributed by atoms with Crippen LogP contribution in [0.25, 0.3) is 0 Å². The van der Waals surface area contributed by atoms with Crippen LogP contribution in [-0.2, 0) is 19.0 Å². The van der Waals surface area contributed by atoms with E-state index in [0.29, 0.717) is 13.2 Å². The largest absolute Gasteiger partial charge is 0.467 e. The van der Waals surface area contributed by atoms with Crippen molar-refractivity contribution in [2.75, 3.05) is 20.3 Å². The van der Waals surface area contributed by atoms with Crippen LogP contribution < -0.4 is 5.73 Å². The molecule has 1 amide bonds. The van der Waals surface area contributed by atoms with Gasteiger partial charge in [0.25, 0.3) is 0 Å². The number of methoxy groups -OCH3 is 1. The van der Waals surface area contributed by atoms with Crippen LogP contribution in [0.4, 0.5) is 4.79 Å². The monoisotopic (exact) mass is 314 g/mol. The Morgan fingerprint density at radius 2 is 2.00 bits per heavy atom. The molecule has 126 valence electrons. The SMILES string of the molecule is COC(=O)C1C2OCCC(N)C[C@H]2CN1C(=O)OC(C)(C)C. The molecule has 0 aromatic rings. The van der Waals surface area contributed by atoms with Crippen LogP contribution in [0.1, 0.15) is 33.6 Å². The van der Waals surface area contributed by atoms with E-state index in [1.54, 1.807) is 20.8 Å². The molecule has 3 unspecified atom stereocenters. The maximum Gasteiger partial charge on any atom is 0.411 e. The van der Waals surface area contributed by atoms with Crippen molar-refractivity contribution in [2.45, 2.75) is 57.4 Å². The fourth-order valence-corrected chi connectivity index (χ4v) is 3.09. The van der Waals surface area contributed by atoms with Gasteiger partial charge in [-0.2, -0.15) is 0 Å². The second kappa shape index (κ2) is 6.42. The fourth-order valence-electron chi connectivity index (χ4n) is 3.09. The molecule has 2 heterocycles. The zero-order chi connectivity index (χ0) is 16.5. The summed E-state index contributed by atoms with van der Waals surface area (Å²) in [5, 5.41) is 0. The van der Waals surface area contributed by atoms with Crippen molar-refractivity contribution in [3.63, 3.8) is 0 Å². The van der Waals surface area contributed by atoms with E-state index in [0.717, 1.165) is 12.8 Å². The maximum absolute atomic E-state index is 12.4. The Morgan fingerprint density at radius 1 is 1.32 bits per heavy atom. The van der Waals surface area contributed by atoms with E-state index >= 15 is 0 Å². The number of hydrogen-bond acceptors (Lipinski definition) is 6. The predicted molar refractivity (Wildman–Crippen MR) is 79.2 cm³/mol. The van der Waals surface area contributed by atoms with Crippen LogP contribution >= 0.6 is 0 Å². The van der Waals surface area contributed by atoms with Gasteiger partial charge in [0, 0.05) is 25.1 Å². The first-order chi connectivity index (χ1) is 10.2. The molecular weight excluding hydrogens is 288 g/mol. The van der Waals surface area contributed by atoms with Gasteiger partial charge in [-0.1, -0.05) is 0 Å². The third-order valence-corrected chi connectivity index (χ3v) is 4.02. The lowest BCUT2D eigenvalue weighted by molar-refractivity contribution is -0.150. The Hall–Kier alpha value is -1.34. The van der Waals surface area contributed by atoms with E-state index in [-0.39, 0.29) is 18.1 Å². The first-order valence-corrected chi connectivity index (χ1v) is 7.67. The molecule has 2 N–H and O–H groups in total. The summed E-state index contributed by atoms with van der Waals surface area (Å²) in [6.07, 6.45) is 0.576. The van der Waals surface area contributed by atoms with Gasteiger partial charge in [-0.05, 0) is 33.6 Å². The molecule has 7 heteroatoms. The van der Waals surface area contributed by atoms with Crippen molar-refractivity contribution in [3.8, 4) is 0 Å². The fraction of sp³-hybridized carbons (Fsp3) is 0.867. The topological polar surface area (TPSA) is 91.1 Å². The second-order valence-corrected chi connectivity index (χ2v) is 6.98. The van der Waals surface area contributed by atoms with Crippen LogP contribution in [0.2, 0.25) is 0 Å². The molecule has 0 aromatic heterocycles. The lowest BCUT2D eigenvalue weighted by Gasteiger charge is -2.28. The molecule has 0 spiro atoms. The van der Waals surface area contributed by atoms with Crippen molar-refractivity contribution < 1.29 is 23.8 Å². The lowest BCUT2D eigenvalue weighted by Crippen LogP contribution is -2.48. The van der Waals surface area contributed by atoms with E-state index in [4.69, 9.17) is 19.9 Å².